The lowest BCUT2D eigenvalue weighted by Gasteiger charge is -2.05. The highest BCUT2D eigenvalue weighted by atomic mass is 32.3. The van der Waals surface area contributed by atoms with Crippen molar-refractivity contribution in [1.29, 1.82) is 0 Å². The Labute approximate surface area is 104 Å². The van der Waals surface area contributed by atoms with Crippen LogP contribution in [0.3, 0.4) is 0 Å². The number of rotatable bonds is 3. The van der Waals surface area contributed by atoms with Gasteiger partial charge >= 0.3 is 10.5 Å². The second-order valence-corrected chi connectivity index (χ2v) is 4.76. The Morgan fingerprint density at radius 3 is 2.28 bits per heavy atom. The summed E-state index contributed by atoms with van der Waals surface area (Å²) in [5.41, 5.74) is 2.56. The second-order valence-electron chi connectivity index (χ2n) is 3.81. The van der Waals surface area contributed by atoms with E-state index in [0.717, 1.165) is 17.1 Å². The SMILES string of the molecule is Cc1cc(C)n(-c2ccc(OS(=O)(=O)F)cc2)n1. The first kappa shape index (κ1) is 12.6. The summed E-state index contributed by atoms with van der Waals surface area (Å²) in [5, 5.41) is 4.27. The molecule has 0 saturated heterocycles. The molecule has 0 radical (unpaired) electrons. The summed E-state index contributed by atoms with van der Waals surface area (Å²) in [6.07, 6.45) is 0. The zero-order chi connectivity index (χ0) is 13.3. The van der Waals surface area contributed by atoms with Gasteiger partial charge in [0.1, 0.15) is 5.75 Å². The van der Waals surface area contributed by atoms with Crippen molar-refractivity contribution in [1.82, 2.24) is 9.78 Å². The first-order valence-electron chi connectivity index (χ1n) is 5.13. The number of hydrogen-bond donors (Lipinski definition) is 0. The molecule has 96 valence electrons. The van der Waals surface area contributed by atoms with Crippen LogP contribution in [0.25, 0.3) is 5.69 Å². The molecule has 0 spiro atoms. The number of aromatic nitrogens is 2. The zero-order valence-electron chi connectivity index (χ0n) is 9.79. The molecule has 0 amide bonds. The molecular formula is C11H11FN2O3S. The smallest absolute Gasteiger partial charge is 0.358 e. The van der Waals surface area contributed by atoms with Crippen LogP contribution in [-0.2, 0) is 10.5 Å². The monoisotopic (exact) mass is 270 g/mol. The van der Waals surface area contributed by atoms with Gasteiger partial charge in [-0.1, -0.05) is 3.89 Å². The highest BCUT2D eigenvalue weighted by Gasteiger charge is 2.10. The van der Waals surface area contributed by atoms with Crippen molar-refractivity contribution in [2.45, 2.75) is 13.8 Å². The number of aryl methyl sites for hydroxylation is 2. The Balaban J connectivity index is 2.30. The lowest BCUT2D eigenvalue weighted by atomic mass is 10.3. The van der Waals surface area contributed by atoms with Crippen molar-refractivity contribution < 1.29 is 16.5 Å². The molecule has 1 aromatic heterocycles. The third-order valence-electron chi connectivity index (χ3n) is 2.29. The van der Waals surface area contributed by atoms with E-state index >= 15 is 0 Å². The quantitative estimate of drug-likeness (QED) is 0.801. The average molecular weight is 270 g/mol. The predicted octanol–water partition coefficient (Wildman–Crippen LogP) is 2.08. The van der Waals surface area contributed by atoms with Crippen LogP contribution >= 0.6 is 0 Å². The number of hydrogen-bond acceptors (Lipinski definition) is 4. The molecule has 2 aromatic rings. The van der Waals surface area contributed by atoms with Crippen molar-refractivity contribution in [3.8, 4) is 11.4 Å². The van der Waals surface area contributed by atoms with Gasteiger partial charge in [0, 0.05) is 5.69 Å². The summed E-state index contributed by atoms with van der Waals surface area (Å²) in [6.45, 7) is 3.77. The number of benzene rings is 1. The van der Waals surface area contributed by atoms with Crippen molar-refractivity contribution in [2.24, 2.45) is 0 Å². The highest BCUT2D eigenvalue weighted by molar-refractivity contribution is 7.81. The summed E-state index contributed by atoms with van der Waals surface area (Å²) in [5.74, 6) is -0.0808. The van der Waals surface area contributed by atoms with Gasteiger partial charge in [-0.05, 0) is 44.2 Å². The number of halogens is 1. The van der Waals surface area contributed by atoms with Crippen molar-refractivity contribution in [3.05, 3.63) is 41.7 Å². The summed E-state index contributed by atoms with van der Waals surface area (Å²) in [6, 6.07) is 7.84. The van der Waals surface area contributed by atoms with Gasteiger partial charge in [-0.15, -0.1) is 0 Å². The topological polar surface area (TPSA) is 61.2 Å². The molecule has 1 heterocycles. The van der Waals surface area contributed by atoms with Gasteiger partial charge in [0.25, 0.3) is 0 Å². The van der Waals surface area contributed by atoms with Crippen molar-refractivity contribution >= 4 is 10.5 Å². The maximum absolute atomic E-state index is 12.3. The Kier molecular flexibility index (Phi) is 3.08. The summed E-state index contributed by atoms with van der Waals surface area (Å²) in [7, 11) is -4.98. The molecule has 0 aliphatic carbocycles. The van der Waals surface area contributed by atoms with Crippen LogP contribution in [0.5, 0.6) is 5.75 Å². The zero-order valence-corrected chi connectivity index (χ0v) is 10.6. The van der Waals surface area contributed by atoms with Crippen LogP contribution in [-0.4, -0.2) is 18.2 Å². The van der Waals surface area contributed by atoms with E-state index in [2.05, 4.69) is 9.28 Å². The molecule has 1 aromatic carbocycles. The van der Waals surface area contributed by atoms with Crippen LogP contribution in [0, 0.1) is 13.8 Å². The van der Waals surface area contributed by atoms with Gasteiger partial charge in [-0.25, -0.2) is 4.68 Å². The van der Waals surface area contributed by atoms with Crippen LogP contribution in [0.4, 0.5) is 3.89 Å². The van der Waals surface area contributed by atoms with E-state index in [1.54, 1.807) is 16.8 Å². The van der Waals surface area contributed by atoms with E-state index in [0.29, 0.717) is 0 Å². The van der Waals surface area contributed by atoms with Crippen LogP contribution < -0.4 is 4.18 Å². The molecule has 18 heavy (non-hydrogen) atoms. The first-order chi connectivity index (χ1) is 8.35. The maximum Gasteiger partial charge on any atom is 0.488 e. The van der Waals surface area contributed by atoms with Gasteiger partial charge in [0.15, 0.2) is 0 Å². The van der Waals surface area contributed by atoms with Gasteiger partial charge in [-0.3, -0.25) is 0 Å². The Morgan fingerprint density at radius 2 is 1.83 bits per heavy atom. The molecule has 7 heteroatoms. The maximum atomic E-state index is 12.3. The lowest BCUT2D eigenvalue weighted by molar-refractivity contribution is 0.440. The minimum Gasteiger partial charge on any atom is -0.358 e. The normalized spacial score (nSPS) is 11.5. The molecule has 0 saturated carbocycles. The van der Waals surface area contributed by atoms with E-state index < -0.39 is 10.5 Å². The van der Waals surface area contributed by atoms with E-state index in [4.69, 9.17) is 0 Å². The van der Waals surface area contributed by atoms with Gasteiger partial charge in [0.2, 0.25) is 0 Å². The second kappa shape index (κ2) is 4.41. The third kappa shape index (κ3) is 2.86. The first-order valence-corrected chi connectivity index (χ1v) is 6.44. The van der Waals surface area contributed by atoms with Crippen molar-refractivity contribution in [2.75, 3.05) is 0 Å². The van der Waals surface area contributed by atoms with E-state index in [1.807, 2.05) is 19.9 Å². The molecular weight excluding hydrogens is 259 g/mol. The molecule has 0 unspecified atom stereocenters. The molecule has 0 atom stereocenters. The van der Waals surface area contributed by atoms with Gasteiger partial charge < -0.3 is 4.18 Å². The third-order valence-corrected chi connectivity index (χ3v) is 2.68. The lowest BCUT2D eigenvalue weighted by Crippen LogP contribution is -2.02. The molecule has 0 aliphatic rings. The van der Waals surface area contributed by atoms with Crippen LogP contribution in [0.2, 0.25) is 0 Å². The molecule has 0 bridgehead atoms. The molecule has 5 nitrogen and oxygen atoms in total. The van der Waals surface area contributed by atoms with E-state index in [-0.39, 0.29) is 5.75 Å². The fourth-order valence-electron chi connectivity index (χ4n) is 1.65. The molecule has 0 fully saturated rings. The highest BCUT2D eigenvalue weighted by Crippen LogP contribution is 2.18. The summed E-state index contributed by atoms with van der Waals surface area (Å²) >= 11 is 0. The van der Waals surface area contributed by atoms with Crippen molar-refractivity contribution in [3.63, 3.8) is 0 Å². The Bertz CT molecular complexity index is 662. The van der Waals surface area contributed by atoms with E-state index in [9.17, 15) is 12.3 Å². The fraction of sp³-hybridized carbons (Fsp3) is 0.182. The largest absolute Gasteiger partial charge is 0.488 e. The molecule has 2 rings (SSSR count). The van der Waals surface area contributed by atoms with Gasteiger partial charge in [-0.2, -0.15) is 13.5 Å². The summed E-state index contributed by atoms with van der Waals surface area (Å²) < 4.78 is 38.7. The fourth-order valence-corrected chi connectivity index (χ4v) is 1.99. The van der Waals surface area contributed by atoms with Crippen LogP contribution in [0.1, 0.15) is 11.4 Å². The molecule has 0 N–H and O–H groups in total. The Morgan fingerprint density at radius 1 is 1.22 bits per heavy atom. The Hall–Kier alpha value is -1.89. The average Bonchev–Trinajstić information content (AvgIpc) is 2.57. The predicted molar refractivity (Wildman–Crippen MR) is 63.7 cm³/mol. The van der Waals surface area contributed by atoms with Crippen LogP contribution in [0.15, 0.2) is 30.3 Å². The number of nitrogens with zero attached hydrogens (tertiary/aromatic N) is 2. The standard InChI is InChI=1S/C11H11FN2O3S/c1-8-7-9(2)14(13-8)10-3-5-11(6-4-10)17-18(12,15)16/h3-7H,1-2H3. The van der Waals surface area contributed by atoms with E-state index in [1.165, 1.54) is 12.1 Å². The minimum absolute atomic E-state index is 0.0808. The minimum atomic E-state index is -4.98. The van der Waals surface area contributed by atoms with Gasteiger partial charge in [0.05, 0.1) is 11.4 Å². The summed E-state index contributed by atoms with van der Waals surface area (Å²) in [4.78, 5) is 0. The molecule has 0 aliphatic heterocycles.